The highest BCUT2D eigenvalue weighted by Crippen LogP contribution is 2.39. The lowest BCUT2D eigenvalue weighted by atomic mass is 9.84. The molecular formula is C19H19N3O5. The Morgan fingerprint density at radius 3 is 2.70 bits per heavy atom. The summed E-state index contributed by atoms with van der Waals surface area (Å²) in [5, 5.41) is 9.48. The number of carbonyl (C=O) groups excluding carboxylic acids is 2. The molecule has 0 spiro atoms. The van der Waals surface area contributed by atoms with Crippen molar-refractivity contribution in [1.29, 1.82) is 5.26 Å². The molecule has 8 nitrogen and oxygen atoms in total. The molecule has 0 saturated heterocycles. The third kappa shape index (κ3) is 4.52. The molecule has 0 fully saturated rings. The summed E-state index contributed by atoms with van der Waals surface area (Å²) in [4.78, 5) is 28.0. The Hall–Kier alpha value is -3.60. The van der Waals surface area contributed by atoms with Gasteiger partial charge in [-0.25, -0.2) is 9.59 Å². The molecule has 2 rings (SSSR count). The van der Waals surface area contributed by atoms with Crippen molar-refractivity contribution in [3.63, 3.8) is 0 Å². The summed E-state index contributed by atoms with van der Waals surface area (Å²) in [6, 6.07) is 5.39. The molecule has 1 aliphatic heterocycles. The number of nitrogens with zero attached hydrogens (tertiary/aromatic N) is 2. The highest BCUT2D eigenvalue weighted by Gasteiger charge is 2.36. The van der Waals surface area contributed by atoms with E-state index in [0.29, 0.717) is 5.56 Å². The fourth-order valence-electron chi connectivity index (χ4n) is 2.50. The van der Waals surface area contributed by atoms with Crippen LogP contribution in [-0.2, 0) is 23.8 Å². The molecule has 0 aromatic carbocycles. The first kappa shape index (κ1) is 19.7. The van der Waals surface area contributed by atoms with Gasteiger partial charge in [-0.2, -0.15) is 5.26 Å². The van der Waals surface area contributed by atoms with Crippen molar-refractivity contribution in [2.45, 2.75) is 19.8 Å². The lowest BCUT2D eigenvalue weighted by molar-refractivity contribution is -0.147. The number of aromatic nitrogens is 1. The second-order valence-electron chi connectivity index (χ2n) is 5.73. The minimum absolute atomic E-state index is 0.0733. The quantitative estimate of drug-likeness (QED) is 0.457. The van der Waals surface area contributed by atoms with Crippen LogP contribution in [0.15, 0.2) is 59.5 Å². The van der Waals surface area contributed by atoms with Crippen LogP contribution in [0, 0.1) is 11.3 Å². The fraction of sp³-hybridized carbons (Fsp3) is 0.263. The maximum Gasteiger partial charge on any atom is 0.338 e. The summed E-state index contributed by atoms with van der Waals surface area (Å²) in [6.07, 6.45) is 3.11. The Kier molecular flexibility index (Phi) is 6.33. The van der Waals surface area contributed by atoms with E-state index in [0.717, 1.165) is 0 Å². The second kappa shape index (κ2) is 8.67. The number of rotatable bonds is 6. The van der Waals surface area contributed by atoms with Gasteiger partial charge in [0, 0.05) is 18.0 Å². The Morgan fingerprint density at radius 2 is 2.11 bits per heavy atom. The number of hydrogen-bond acceptors (Lipinski definition) is 8. The average Bonchev–Trinajstić information content (AvgIpc) is 2.64. The van der Waals surface area contributed by atoms with Crippen molar-refractivity contribution < 1.29 is 23.8 Å². The van der Waals surface area contributed by atoms with Gasteiger partial charge in [0.05, 0.1) is 11.5 Å². The van der Waals surface area contributed by atoms with Gasteiger partial charge < -0.3 is 19.9 Å². The van der Waals surface area contributed by atoms with E-state index in [-0.39, 0.29) is 41.6 Å². The van der Waals surface area contributed by atoms with Crippen molar-refractivity contribution in [3.8, 4) is 6.07 Å². The molecule has 0 amide bonds. The number of hydrogen-bond donors (Lipinski definition) is 1. The zero-order valence-electron chi connectivity index (χ0n) is 15.0. The summed E-state index contributed by atoms with van der Waals surface area (Å²) < 4.78 is 15.4. The van der Waals surface area contributed by atoms with Crippen LogP contribution in [0.25, 0.3) is 0 Å². The largest absolute Gasteiger partial charge is 0.459 e. The highest BCUT2D eigenvalue weighted by atomic mass is 16.6. The molecule has 8 heteroatoms. The van der Waals surface area contributed by atoms with Crippen molar-refractivity contribution in [1.82, 2.24) is 4.98 Å². The van der Waals surface area contributed by atoms with Crippen LogP contribution in [-0.4, -0.2) is 30.1 Å². The van der Waals surface area contributed by atoms with E-state index in [1.165, 1.54) is 13.1 Å². The number of ether oxygens (including phenoxy) is 3. The molecule has 1 aromatic rings. The number of esters is 2. The van der Waals surface area contributed by atoms with Gasteiger partial charge >= 0.3 is 11.9 Å². The summed E-state index contributed by atoms with van der Waals surface area (Å²) in [5.74, 6) is -1.88. The number of nitrogens with two attached hydrogens (primary N) is 1. The van der Waals surface area contributed by atoms with Gasteiger partial charge in [0.1, 0.15) is 30.6 Å². The minimum Gasteiger partial charge on any atom is -0.459 e. The van der Waals surface area contributed by atoms with E-state index in [9.17, 15) is 14.9 Å². The van der Waals surface area contributed by atoms with Gasteiger partial charge in [-0.3, -0.25) is 4.98 Å². The average molecular weight is 369 g/mol. The second-order valence-corrected chi connectivity index (χ2v) is 5.73. The standard InChI is InChI=1S/C19H19N3O5/c1-11(2)18(23)25-7-8-26-19(24)15-12(3)27-17(21)14(9-20)16(15)13-5-4-6-22-10-13/h4-6,10,16H,1,7-8,21H2,2-3H3/t16-/m0/s1. The maximum absolute atomic E-state index is 12.6. The van der Waals surface area contributed by atoms with Crippen molar-refractivity contribution in [2.75, 3.05) is 13.2 Å². The van der Waals surface area contributed by atoms with Gasteiger partial charge in [-0.1, -0.05) is 12.6 Å². The fourth-order valence-corrected chi connectivity index (χ4v) is 2.50. The molecule has 140 valence electrons. The van der Waals surface area contributed by atoms with Gasteiger partial charge in [0.25, 0.3) is 0 Å². The lowest BCUT2D eigenvalue weighted by Crippen LogP contribution is -2.26. The smallest absolute Gasteiger partial charge is 0.338 e. The van der Waals surface area contributed by atoms with Gasteiger partial charge in [-0.15, -0.1) is 0 Å². The van der Waals surface area contributed by atoms with Crippen molar-refractivity contribution in [3.05, 3.63) is 65.0 Å². The number of nitriles is 1. The van der Waals surface area contributed by atoms with E-state index >= 15 is 0 Å². The zero-order valence-corrected chi connectivity index (χ0v) is 15.0. The first-order valence-corrected chi connectivity index (χ1v) is 8.04. The molecule has 0 aliphatic carbocycles. The molecule has 1 aromatic heterocycles. The molecule has 0 radical (unpaired) electrons. The van der Waals surface area contributed by atoms with Gasteiger partial charge in [-0.05, 0) is 25.5 Å². The SMILES string of the molecule is C=C(C)C(=O)OCCOC(=O)C1=C(C)OC(N)=C(C#N)[C@@H]1c1cccnc1. The Balaban J connectivity index is 2.20. The Labute approximate surface area is 156 Å². The lowest BCUT2D eigenvalue weighted by Gasteiger charge is -2.26. The van der Waals surface area contributed by atoms with Crippen LogP contribution in [0.3, 0.4) is 0 Å². The monoisotopic (exact) mass is 369 g/mol. The van der Waals surface area contributed by atoms with Crippen LogP contribution in [0.4, 0.5) is 0 Å². The number of carbonyl (C=O) groups is 2. The van der Waals surface area contributed by atoms with Gasteiger partial charge in [0.15, 0.2) is 0 Å². The number of pyridine rings is 1. The van der Waals surface area contributed by atoms with Crippen molar-refractivity contribution >= 4 is 11.9 Å². The maximum atomic E-state index is 12.6. The van der Waals surface area contributed by atoms with E-state index in [1.807, 2.05) is 6.07 Å². The van der Waals surface area contributed by atoms with Crippen LogP contribution in [0.5, 0.6) is 0 Å². The van der Waals surface area contributed by atoms with Crippen LogP contribution < -0.4 is 5.73 Å². The Bertz CT molecular complexity index is 865. The van der Waals surface area contributed by atoms with E-state index in [4.69, 9.17) is 19.9 Å². The topological polar surface area (TPSA) is 125 Å². The molecule has 0 saturated carbocycles. The minimum atomic E-state index is -0.761. The third-order valence-electron chi connectivity index (χ3n) is 3.74. The third-order valence-corrected chi connectivity index (χ3v) is 3.74. The molecule has 27 heavy (non-hydrogen) atoms. The summed E-state index contributed by atoms with van der Waals surface area (Å²) in [5.41, 5.74) is 6.89. The molecule has 2 heterocycles. The highest BCUT2D eigenvalue weighted by molar-refractivity contribution is 5.92. The summed E-state index contributed by atoms with van der Waals surface area (Å²) >= 11 is 0. The van der Waals surface area contributed by atoms with E-state index < -0.39 is 17.9 Å². The molecule has 0 bridgehead atoms. The zero-order chi connectivity index (χ0) is 20.0. The predicted molar refractivity (Wildman–Crippen MR) is 94.3 cm³/mol. The molecule has 1 aliphatic rings. The normalized spacial score (nSPS) is 16.3. The van der Waals surface area contributed by atoms with Crippen LogP contribution >= 0.6 is 0 Å². The Morgan fingerprint density at radius 1 is 1.41 bits per heavy atom. The predicted octanol–water partition coefficient (Wildman–Crippen LogP) is 1.83. The van der Waals surface area contributed by atoms with E-state index in [1.54, 1.807) is 25.3 Å². The van der Waals surface area contributed by atoms with Gasteiger partial charge in [0.2, 0.25) is 5.88 Å². The molecule has 1 atom stereocenters. The first-order valence-electron chi connectivity index (χ1n) is 8.04. The van der Waals surface area contributed by atoms with Crippen LogP contribution in [0.2, 0.25) is 0 Å². The molecule has 2 N–H and O–H groups in total. The summed E-state index contributed by atoms with van der Waals surface area (Å²) in [6.45, 7) is 6.26. The molecule has 0 unspecified atom stereocenters. The van der Waals surface area contributed by atoms with E-state index in [2.05, 4.69) is 11.6 Å². The first-order chi connectivity index (χ1) is 12.9. The van der Waals surface area contributed by atoms with Crippen LogP contribution in [0.1, 0.15) is 25.3 Å². The van der Waals surface area contributed by atoms with Crippen molar-refractivity contribution in [2.24, 2.45) is 5.73 Å². The molecular weight excluding hydrogens is 350 g/mol. The summed E-state index contributed by atoms with van der Waals surface area (Å²) in [7, 11) is 0. The number of allylic oxidation sites excluding steroid dienone is 2.